The molecule has 2 aromatic rings. The Morgan fingerprint density at radius 1 is 1.00 bits per heavy atom. The minimum absolute atomic E-state index is 0.176. The van der Waals surface area contributed by atoms with E-state index in [2.05, 4.69) is 10.1 Å². The van der Waals surface area contributed by atoms with E-state index in [1.807, 2.05) is 6.07 Å². The average Bonchev–Trinajstić information content (AvgIpc) is 2.48. The molecule has 0 aliphatic heterocycles. The van der Waals surface area contributed by atoms with Crippen LogP contribution in [0.2, 0.25) is 0 Å². The van der Waals surface area contributed by atoms with Crippen LogP contribution in [0.4, 0.5) is 18.9 Å². The van der Waals surface area contributed by atoms with Gasteiger partial charge in [-0.1, -0.05) is 30.3 Å². The van der Waals surface area contributed by atoms with Crippen molar-refractivity contribution in [3.63, 3.8) is 0 Å². The summed E-state index contributed by atoms with van der Waals surface area (Å²) in [7, 11) is 0. The van der Waals surface area contributed by atoms with Crippen LogP contribution < -0.4 is 10.1 Å². The predicted octanol–water partition coefficient (Wildman–Crippen LogP) is 4.39. The molecule has 0 atom stereocenters. The quantitative estimate of drug-likeness (QED) is 0.657. The zero-order valence-corrected chi connectivity index (χ0v) is 11.3. The second kappa shape index (κ2) is 6.80. The van der Waals surface area contributed by atoms with Crippen molar-refractivity contribution in [2.24, 2.45) is 0 Å². The number of benzene rings is 2. The van der Waals surface area contributed by atoms with Gasteiger partial charge in [0.15, 0.2) is 5.78 Å². The lowest BCUT2D eigenvalue weighted by Gasteiger charge is -2.09. The number of allylic oxidation sites excluding steroid dienone is 1. The molecule has 0 aliphatic rings. The average molecular weight is 307 g/mol. The Kier molecular flexibility index (Phi) is 4.83. The van der Waals surface area contributed by atoms with Gasteiger partial charge in [-0.2, -0.15) is 0 Å². The van der Waals surface area contributed by atoms with Crippen molar-refractivity contribution < 1.29 is 22.7 Å². The largest absolute Gasteiger partial charge is 0.573 e. The number of halogens is 3. The van der Waals surface area contributed by atoms with Crippen molar-refractivity contribution in [2.45, 2.75) is 6.36 Å². The number of hydrogen-bond donors (Lipinski definition) is 1. The number of rotatable bonds is 5. The molecule has 114 valence electrons. The Hall–Kier alpha value is -2.76. The lowest BCUT2D eigenvalue weighted by molar-refractivity contribution is -0.274. The molecule has 2 rings (SSSR count). The Labute approximate surface area is 125 Å². The zero-order chi connectivity index (χ0) is 16.0. The maximum atomic E-state index is 12.0. The number of alkyl halides is 3. The molecule has 0 aromatic heterocycles. The van der Waals surface area contributed by atoms with Gasteiger partial charge >= 0.3 is 6.36 Å². The number of ketones is 1. The summed E-state index contributed by atoms with van der Waals surface area (Å²) in [5, 5.41) is 2.80. The molecule has 2 aromatic carbocycles. The number of carbonyl (C=O) groups excluding carboxylic acids is 1. The van der Waals surface area contributed by atoms with Crippen LogP contribution in [0.25, 0.3) is 0 Å². The summed E-state index contributed by atoms with van der Waals surface area (Å²) in [5.74, 6) is -0.479. The first kappa shape index (κ1) is 15.6. The lowest BCUT2D eigenvalue weighted by atomic mass is 10.1. The van der Waals surface area contributed by atoms with Gasteiger partial charge in [-0.25, -0.2) is 0 Å². The minimum Gasteiger partial charge on any atom is -0.406 e. The summed E-state index contributed by atoms with van der Waals surface area (Å²) in [6, 6.07) is 13.9. The van der Waals surface area contributed by atoms with Gasteiger partial charge in [0.1, 0.15) is 5.75 Å². The number of nitrogens with one attached hydrogen (secondary N) is 1. The van der Waals surface area contributed by atoms with Crippen LogP contribution in [0.5, 0.6) is 5.75 Å². The van der Waals surface area contributed by atoms with E-state index in [0.717, 1.165) is 0 Å². The molecule has 0 saturated carbocycles. The van der Waals surface area contributed by atoms with Crippen LogP contribution in [0.1, 0.15) is 10.4 Å². The van der Waals surface area contributed by atoms with Crippen molar-refractivity contribution in [2.75, 3.05) is 5.32 Å². The summed E-state index contributed by atoms with van der Waals surface area (Å²) in [5.41, 5.74) is 1.08. The second-order valence-corrected chi connectivity index (χ2v) is 4.28. The van der Waals surface area contributed by atoms with Crippen LogP contribution in [0.15, 0.2) is 66.9 Å². The SMILES string of the molecule is O=C(C=CNc1ccc(OC(F)(F)F)cc1)c1ccccc1. The number of carbonyl (C=O) groups is 1. The van der Waals surface area contributed by atoms with Gasteiger partial charge in [0.2, 0.25) is 0 Å². The third-order valence-electron chi connectivity index (χ3n) is 2.63. The molecule has 22 heavy (non-hydrogen) atoms. The molecule has 0 heterocycles. The van der Waals surface area contributed by atoms with Crippen LogP contribution in [-0.2, 0) is 0 Å². The van der Waals surface area contributed by atoms with E-state index in [1.54, 1.807) is 24.3 Å². The fraction of sp³-hybridized carbons (Fsp3) is 0.0625. The Bertz CT molecular complexity index is 649. The summed E-state index contributed by atoms with van der Waals surface area (Å²) in [6.45, 7) is 0. The highest BCUT2D eigenvalue weighted by atomic mass is 19.4. The third kappa shape index (κ3) is 4.97. The molecule has 0 unspecified atom stereocenters. The molecule has 0 radical (unpaired) electrons. The van der Waals surface area contributed by atoms with Crippen LogP contribution in [0.3, 0.4) is 0 Å². The van der Waals surface area contributed by atoms with E-state index >= 15 is 0 Å². The van der Waals surface area contributed by atoms with Crippen LogP contribution >= 0.6 is 0 Å². The highest BCUT2D eigenvalue weighted by Gasteiger charge is 2.30. The molecule has 0 saturated heterocycles. The fourth-order valence-electron chi connectivity index (χ4n) is 1.67. The van der Waals surface area contributed by atoms with E-state index in [0.29, 0.717) is 11.3 Å². The number of ether oxygens (including phenoxy) is 1. The summed E-state index contributed by atoms with van der Waals surface area (Å²) < 4.78 is 39.8. The maximum Gasteiger partial charge on any atom is 0.573 e. The van der Waals surface area contributed by atoms with Gasteiger partial charge in [0.25, 0.3) is 0 Å². The second-order valence-electron chi connectivity index (χ2n) is 4.28. The van der Waals surface area contributed by atoms with Gasteiger partial charge in [0, 0.05) is 23.5 Å². The Morgan fingerprint density at radius 2 is 1.64 bits per heavy atom. The first-order chi connectivity index (χ1) is 10.4. The number of hydrogen-bond acceptors (Lipinski definition) is 3. The molecule has 0 amide bonds. The van der Waals surface area contributed by atoms with Crippen molar-refractivity contribution in [3.8, 4) is 5.75 Å². The van der Waals surface area contributed by atoms with Crippen molar-refractivity contribution in [1.29, 1.82) is 0 Å². The van der Waals surface area contributed by atoms with Crippen LogP contribution in [-0.4, -0.2) is 12.1 Å². The van der Waals surface area contributed by atoms with E-state index in [1.165, 1.54) is 36.5 Å². The van der Waals surface area contributed by atoms with E-state index in [9.17, 15) is 18.0 Å². The summed E-state index contributed by atoms with van der Waals surface area (Å²) in [6.07, 6.45) is -1.94. The van der Waals surface area contributed by atoms with Crippen LogP contribution in [0, 0.1) is 0 Å². The highest BCUT2D eigenvalue weighted by molar-refractivity contribution is 6.04. The molecule has 0 bridgehead atoms. The fourth-order valence-corrected chi connectivity index (χ4v) is 1.67. The summed E-state index contributed by atoms with van der Waals surface area (Å²) in [4.78, 5) is 11.8. The molecule has 6 heteroatoms. The van der Waals surface area contributed by atoms with E-state index < -0.39 is 6.36 Å². The molecule has 3 nitrogen and oxygen atoms in total. The topological polar surface area (TPSA) is 38.3 Å². The molecule has 1 N–H and O–H groups in total. The highest BCUT2D eigenvalue weighted by Crippen LogP contribution is 2.23. The molecule has 0 aliphatic carbocycles. The lowest BCUT2D eigenvalue weighted by Crippen LogP contribution is -2.16. The first-order valence-corrected chi connectivity index (χ1v) is 6.32. The van der Waals surface area contributed by atoms with Gasteiger partial charge in [-0.15, -0.1) is 13.2 Å². The molecular formula is C16H12F3NO2. The molecule has 0 spiro atoms. The first-order valence-electron chi connectivity index (χ1n) is 6.32. The standard InChI is InChI=1S/C16H12F3NO2/c17-16(18,19)22-14-8-6-13(7-9-14)20-11-10-15(21)12-4-2-1-3-5-12/h1-11,20H. The Morgan fingerprint density at radius 3 is 2.23 bits per heavy atom. The van der Waals surface area contributed by atoms with Crippen molar-refractivity contribution >= 4 is 11.5 Å². The third-order valence-corrected chi connectivity index (χ3v) is 2.63. The normalized spacial score (nSPS) is 11.4. The monoisotopic (exact) mass is 307 g/mol. The van der Waals surface area contributed by atoms with E-state index in [-0.39, 0.29) is 11.5 Å². The maximum absolute atomic E-state index is 12.0. The van der Waals surface area contributed by atoms with Gasteiger partial charge in [0.05, 0.1) is 0 Å². The van der Waals surface area contributed by atoms with E-state index in [4.69, 9.17) is 0 Å². The van der Waals surface area contributed by atoms with Gasteiger partial charge < -0.3 is 10.1 Å². The summed E-state index contributed by atoms with van der Waals surface area (Å²) >= 11 is 0. The zero-order valence-electron chi connectivity index (χ0n) is 11.3. The predicted molar refractivity (Wildman–Crippen MR) is 76.7 cm³/mol. The number of anilines is 1. The smallest absolute Gasteiger partial charge is 0.406 e. The van der Waals surface area contributed by atoms with Gasteiger partial charge in [-0.05, 0) is 24.3 Å². The van der Waals surface area contributed by atoms with Crippen molar-refractivity contribution in [3.05, 3.63) is 72.4 Å². The molecular weight excluding hydrogens is 295 g/mol. The van der Waals surface area contributed by atoms with Gasteiger partial charge in [-0.3, -0.25) is 4.79 Å². The minimum atomic E-state index is -4.71. The Balaban J connectivity index is 1.92. The molecule has 0 fully saturated rings. The van der Waals surface area contributed by atoms with Crippen molar-refractivity contribution in [1.82, 2.24) is 0 Å².